The molecule has 1 N–H and O–H groups in total. The minimum Gasteiger partial charge on any atom is -0.314 e. The number of piperazine rings is 1. The highest BCUT2D eigenvalue weighted by atomic mass is 35.5. The van der Waals surface area contributed by atoms with Gasteiger partial charge in [0.1, 0.15) is 5.82 Å². The van der Waals surface area contributed by atoms with Crippen LogP contribution < -0.4 is 5.32 Å². The van der Waals surface area contributed by atoms with Gasteiger partial charge in [0.15, 0.2) is 0 Å². The van der Waals surface area contributed by atoms with Crippen molar-refractivity contribution in [3.05, 3.63) is 35.6 Å². The third kappa shape index (κ3) is 3.66. The van der Waals surface area contributed by atoms with Crippen molar-refractivity contribution < 1.29 is 4.39 Å². The first-order valence-electron chi connectivity index (χ1n) is 5.87. The number of nitrogens with zero attached hydrogens (tertiary/aromatic N) is 1. The molecule has 0 radical (unpaired) electrons. The van der Waals surface area contributed by atoms with Gasteiger partial charge in [-0.3, -0.25) is 4.90 Å². The van der Waals surface area contributed by atoms with Crippen molar-refractivity contribution in [1.29, 1.82) is 0 Å². The molecule has 96 valence electrons. The molecule has 0 amide bonds. The van der Waals surface area contributed by atoms with Gasteiger partial charge in [0.05, 0.1) is 0 Å². The van der Waals surface area contributed by atoms with Gasteiger partial charge in [-0.15, -0.1) is 12.4 Å². The van der Waals surface area contributed by atoms with Gasteiger partial charge in [0, 0.05) is 31.7 Å². The number of nitrogens with one attached hydrogen (secondary N) is 1. The zero-order valence-electron chi connectivity index (χ0n) is 10.3. The predicted octanol–water partition coefficient (Wildman–Crippen LogP) is 2.43. The molecule has 2 rings (SSSR count). The molecule has 1 aromatic rings. The Kier molecular flexibility index (Phi) is 5.37. The van der Waals surface area contributed by atoms with E-state index in [9.17, 15) is 4.39 Å². The average molecular weight is 259 g/mol. The van der Waals surface area contributed by atoms with Crippen LogP contribution in [0.25, 0.3) is 0 Å². The summed E-state index contributed by atoms with van der Waals surface area (Å²) in [6.45, 7) is 7.28. The van der Waals surface area contributed by atoms with E-state index in [1.54, 1.807) is 12.1 Å². The largest absolute Gasteiger partial charge is 0.314 e. The van der Waals surface area contributed by atoms with E-state index in [0.717, 1.165) is 25.2 Å². The van der Waals surface area contributed by atoms with E-state index in [-0.39, 0.29) is 18.2 Å². The Hall–Kier alpha value is -0.640. The Labute approximate surface area is 109 Å². The fourth-order valence-electron chi connectivity index (χ4n) is 2.33. The van der Waals surface area contributed by atoms with Crippen LogP contribution in [0.15, 0.2) is 24.3 Å². The summed E-state index contributed by atoms with van der Waals surface area (Å²) in [6, 6.07) is 7.90. The van der Waals surface area contributed by atoms with Crippen molar-refractivity contribution in [2.75, 3.05) is 13.1 Å². The molecule has 0 saturated carbocycles. The standard InChI is InChI=1S/C13H19FN2.ClH/c1-10-7-15-8-11(2)16(10)9-12-4-3-5-13(14)6-12;/h3-6,10-11,15H,7-9H2,1-2H3;1H/t10-,11+;. The number of halogens is 2. The quantitative estimate of drug-likeness (QED) is 0.877. The third-order valence-electron chi connectivity index (χ3n) is 3.27. The second kappa shape index (κ2) is 6.34. The molecular weight excluding hydrogens is 239 g/mol. The maximum atomic E-state index is 13.1. The van der Waals surface area contributed by atoms with Crippen molar-refractivity contribution in [2.24, 2.45) is 0 Å². The third-order valence-corrected chi connectivity index (χ3v) is 3.27. The monoisotopic (exact) mass is 258 g/mol. The zero-order chi connectivity index (χ0) is 11.5. The summed E-state index contributed by atoms with van der Waals surface area (Å²) in [6.07, 6.45) is 0. The summed E-state index contributed by atoms with van der Waals surface area (Å²) in [5, 5.41) is 3.40. The van der Waals surface area contributed by atoms with Crippen LogP contribution in [-0.4, -0.2) is 30.1 Å². The van der Waals surface area contributed by atoms with Crippen LogP contribution in [0.3, 0.4) is 0 Å². The molecule has 0 aliphatic carbocycles. The maximum Gasteiger partial charge on any atom is 0.123 e. The first kappa shape index (κ1) is 14.4. The van der Waals surface area contributed by atoms with Crippen molar-refractivity contribution in [3.8, 4) is 0 Å². The van der Waals surface area contributed by atoms with E-state index in [2.05, 4.69) is 24.1 Å². The van der Waals surface area contributed by atoms with E-state index in [1.165, 1.54) is 6.07 Å². The predicted molar refractivity (Wildman–Crippen MR) is 71.0 cm³/mol. The van der Waals surface area contributed by atoms with Crippen molar-refractivity contribution >= 4 is 12.4 Å². The first-order valence-corrected chi connectivity index (χ1v) is 5.87. The lowest BCUT2D eigenvalue weighted by atomic mass is 10.1. The Balaban J connectivity index is 0.00000144. The van der Waals surface area contributed by atoms with E-state index in [0.29, 0.717) is 12.1 Å². The highest BCUT2D eigenvalue weighted by molar-refractivity contribution is 5.85. The maximum absolute atomic E-state index is 13.1. The van der Waals surface area contributed by atoms with Gasteiger partial charge in [0.25, 0.3) is 0 Å². The van der Waals surface area contributed by atoms with Gasteiger partial charge >= 0.3 is 0 Å². The van der Waals surface area contributed by atoms with Gasteiger partial charge in [-0.25, -0.2) is 4.39 Å². The van der Waals surface area contributed by atoms with E-state index in [1.807, 2.05) is 6.07 Å². The van der Waals surface area contributed by atoms with Gasteiger partial charge in [-0.2, -0.15) is 0 Å². The molecule has 1 saturated heterocycles. The molecular formula is C13H20ClFN2. The Morgan fingerprint density at radius 3 is 2.53 bits per heavy atom. The van der Waals surface area contributed by atoms with Crippen LogP contribution in [-0.2, 0) is 6.54 Å². The summed E-state index contributed by atoms with van der Waals surface area (Å²) in [4.78, 5) is 2.42. The second-order valence-electron chi connectivity index (χ2n) is 4.66. The van der Waals surface area contributed by atoms with Crippen LogP contribution in [0.4, 0.5) is 4.39 Å². The fraction of sp³-hybridized carbons (Fsp3) is 0.538. The molecule has 1 fully saturated rings. The molecule has 0 bridgehead atoms. The van der Waals surface area contributed by atoms with Crippen LogP contribution in [0.1, 0.15) is 19.4 Å². The highest BCUT2D eigenvalue weighted by Crippen LogP contribution is 2.15. The number of rotatable bonds is 2. The summed E-state index contributed by atoms with van der Waals surface area (Å²) in [5.74, 6) is -0.145. The topological polar surface area (TPSA) is 15.3 Å². The van der Waals surface area contributed by atoms with Gasteiger partial charge in [-0.05, 0) is 31.5 Å². The summed E-state index contributed by atoms with van der Waals surface area (Å²) < 4.78 is 13.1. The molecule has 1 aliphatic heterocycles. The molecule has 17 heavy (non-hydrogen) atoms. The number of hydrogen-bond acceptors (Lipinski definition) is 2. The summed E-state index contributed by atoms with van der Waals surface area (Å²) in [7, 11) is 0. The van der Waals surface area contributed by atoms with Crippen molar-refractivity contribution in [2.45, 2.75) is 32.5 Å². The SMILES string of the molecule is C[C@@H]1CNC[C@H](C)N1Cc1cccc(F)c1.Cl. The molecule has 0 aromatic heterocycles. The first-order chi connectivity index (χ1) is 7.66. The second-order valence-corrected chi connectivity index (χ2v) is 4.66. The van der Waals surface area contributed by atoms with Crippen molar-refractivity contribution in [3.63, 3.8) is 0 Å². The molecule has 2 atom stereocenters. The van der Waals surface area contributed by atoms with E-state index < -0.39 is 0 Å². The Bertz CT molecular complexity index is 349. The molecule has 1 aromatic carbocycles. The fourth-order valence-corrected chi connectivity index (χ4v) is 2.33. The normalized spacial score (nSPS) is 25.4. The molecule has 0 spiro atoms. The minimum absolute atomic E-state index is 0. The summed E-state index contributed by atoms with van der Waals surface area (Å²) >= 11 is 0. The minimum atomic E-state index is -0.145. The van der Waals surface area contributed by atoms with E-state index >= 15 is 0 Å². The lowest BCUT2D eigenvalue weighted by Gasteiger charge is -2.39. The zero-order valence-corrected chi connectivity index (χ0v) is 11.1. The van der Waals surface area contributed by atoms with Crippen LogP contribution in [0, 0.1) is 5.82 Å². The molecule has 1 heterocycles. The van der Waals surface area contributed by atoms with Crippen LogP contribution >= 0.6 is 12.4 Å². The van der Waals surface area contributed by atoms with Crippen molar-refractivity contribution in [1.82, 2.24) is 10.2 Å². The van der Waals surface area contributed by atoms with Gasteiger partial charge < -0.3 is 5.32 Å². The van der Waals surface area contributed by atoms with Gasteiger partial charge in [0.2, 0.25) is 0 Å². The van der Waals surface area contributed by atoms with Crippen LogP contribution in [0.2, 0.25) is 0 Å². The molecule has 1 aliphatic rings. The lowest BCUT2D eigenvalue weighted by molar-refractivity contribution is 0.108. The highest BCUT2D eigenvalue weighted by Gasteiger charge is 2.24. The molecule has 2 nitrogen and oxygen atoms in total. The van der Waals surface area contributed by atoms with Crippen LogP contribution in [0.5, 0.6) is 0 Å². The van der Waals surface area contributed by atoms with Gasteiger partial charge in [-0.1, -0.05) is 12.1 Å². The Morgan fingerprint density at radius 1 is 1.29 bits per heavy atom. The lowest BCUT2D eigenvalue weighted by Crippen LogP contribution is -2.54. The molecule has 4 heteroatoms. The summed E-state index contributed by atoms with van der Waals surface area (Å²) in [5.41, 5.74) is 1.06. The molecule has 0 unspecified atom stereocenters. The van der Waals surface area contributed by atoms with E-state index in [4.69, 9.17) is 0 Å². The Morgan fingerprint density at radius 2 is 1.94 bits per heavy atom. The smallest absolute Gasteiger partial charge is 0.123 e. The number of hydrogen-bond donors (Lipinski definition) is 1. The average Bonchev–Trinajstić information content (AvgIpc) is 2.24. The number of benzene rings is 1.